The first kappa shape index (κ1) is 19.0. The lowest BCUT2D eigenvalue weighted by Gasteiger charge is -2.23. The van der Waals surface area contributed by atoms with Gasteiger partial charge in [-0.25, -0.2) is 13.4 Å². The minimum atomic E-state index is -3.02. The molecule has 1 aliphatic heterocycles. The van der Waals surface area contributed by atoms with Crippen LogP contribution in [0.25, 0.3) is 16.7 Å². The van der Waals surface area contributed by atoms with Gasteiger partial charge in [0.1, 0.15) is 0 Å². The maximum Gasteiger partial charge on any atom is 0.233 e. The molecule has 1 amide bonds. The first-order valence-corrected chi connectivity index (χ1v) is 11.9. The Balaban J connectivity index is 1.56. The van der Waals surface area contributed by atoms with Gasteiger partial charge in [-0.1, -0.05) is 42.1 Å². The van der Waals surface area contributed by atoms with Crippen LogP contribution in [0.2, 0.25) is 0 Å². The number of rotatable bonds is 5. The Morgan fingerprint density at radius 3 is 2.61 bits per heavy atom. The highest BCUT2D eigenvalue weighted by atomic mass is 32.2. The molecule has 0 saturated carbocycles. The zero-order valence-corrected chi connectivity index (χ0v) is 17.1. The Kier molecular flexibility index (Phi) is 5.16. The molecule has 2 heterocycles. The van der Waals surface area contributed by atoms with E-state index in [2.05, 4.69) is 0 Å². The summed E-state index contributed by atoms with van der Waals surface area (Å²) in [5.41, 5.74) is 2.84. The van der Waals surface area contributed by atoms with Crippen LogP contribution in [0.1, 0.15) is 6.42 Å². The number of sulfone groups is 1. The van der Waals surface area contributed by atoms with Gasteiger partial charge in [-0.2, -0.15) is 0 Å². The summed E-state index contributed by atoms with van der Waals surface area (Å²) in [6.45, 7) is 0. The summed E-state index contributed by atoms with van der Waals surface area (Å²) in [4.78, 5) is 18.9. The van der Waals surface area contributed by atoms with Crippen molar-refractivity contribution in [3.63, 3.8) is 0 Å². The smallest absolute Gasteiger partial charge is 0.233 e. The maximum atomic E-state index is 12.7. The van der Waals surface area contributed by atoms with E-state index in [1.54, 1.807) is 11.9 Å². The Morgan fingerprint density at radius 1 is 1.18 bits per heavy atom. The second-order valence-electron chi connectivity index (χ2n) is 6.90. The summed E-state index contributed by atoms with van der Waals surface area (Å²) in [6.07, 6.45) is 0.512. The normalized spacial score (nSPS) is 18.4. The van der Waals surface area contributed by atoms with E-state index < -0.39 is 9.84 Å². The van der Waals surface area contributed by atoms with E-state index >= 15 is 0 Å². The Morgan fingerprint density at radius 2 is 1.89 bits per heavy atom. The van der Waals surface area contributed by atoms with Crippen LogP contribution in [-0.4, -0.2) is 59.1 Å². The summed E-state index contributed by atoms with van der Waals surface area (Å²) in [5.74, 6) is 0.344. The van der Waals surface area contributed by atoms with Gasteiger partial charge in [-0.3, -0.25) is 9.36 Å². The zero-order valence-electron chi connectivity index (χ0n) is 15.5. The third kappa shape index (κ3) is 3.79. The Labute approximate surface area is 168 Å². The van der Waals surface area contributed by atoms with Gasteiger partial charge in [0, 0.05) is 18.8 Å². The van der Waals surface area contributed by atoms with Crippen molar-refractivity contribution in [3.05, 3.63) is 54.6 Å². The summed E-state index contributed by atoms with van der Waals surface area (Å²) >= 11 is 1.37. The second-order valence-corrected chi connectivity index (χ2v) is 10.1. The van der Waals surface area contributed by atoms with E-state index in [1.807, 2.05) is 59.2 Å². The second kappa shape index (κ2) is 7.60. The van der Waals surface area contributed by atoms with Gasteiger partial charge in [0.2, 0.25) is 5.91 Å². The average Bonchev–Trinajstić information content (AvgIpc) is 3.25. The molecular weight excluding hydrogens is 394 g/mol. The highest BCUT2D eigenvalue weighted by Gasteiger charge is 2.32. The summed E-state index contributed by atoms with van der Waals surface area (Å²) < 4.78 is 25.4. The largest absolute Gasteiger partial charge is 0.341 e. The molecule has 0 bridgehead atoms. The Bertz CT molecular complexity index is 1110. The molecule has 28 heavy (non-hydrogen) atoms. The number of imidazole rings is 1. The molecular formula is C20H21N3O3S2. The first-order chi connectivity index (χ1) is 13.4. The zero-order chi connectivity index (χ0) is 19.7. The van der Waals surface area contributed by atoms with Crippen LogP contribution in [-0.2, 0) is 14.6 Å². The van der Waals surface area contributed by atoms with Crippen LogP contribution in [0.5, 0.6) is 0 Å². The molecule has 3 aromatic rings. The molecule has 146 valence electrons. The van der Waals surface area contributed by atoms with Crippen molar-refractivity contribution in [2.75, 3.05) is 24.3 Å². The maximum absolute atomic E-state index is 12.7. The number of fused-ring (bicyclic) bond motifs is 1. The van der Waals surface area contributed by atoms with Crippen molar-refractivity contribution < 1.29 is 13.2 Å². The summed E-state index contributed by atoms with van der Waals surface area (Å²) in [6, 6.07) is 17.6. The molecule has 2 aromatic carbocycles. The molecule has 1 fully saturated rings. The Hall–Kier alpha value is -2.32. The fourth-order valence-electron chi connectivity index (χ4n) is 3.44. The lowest BCUT2D eigenvalue weighted by Crippen LogP contribution is -2.38. The number of nitrogens with zero attached hydrogens (tertiary/aromatic N) is 3. The van der Waals surface area contributed by atoms with Gasteiger partial charge in [-0.15, -0.1) is 0 Å². The van der Waals surface area contributed by atoms with Crippen molar-refractivity contribution in [2.24, 2.45) is 0 Å². The van der Waals surface area contributed by atoms with Crippen LogP contribution in [0.4, 0.5) is 0 Å². The van der Waals surface area contributed by atoms with Gasteiger partial charge in [-0.05, 0) is 30.7 Å². The minimum absolute atomic E-state index is 0.0580. The van der Waals surface area contributed by atoms with E-state index in [1.165, 1.54) is 11.8 Å². The summed E-state index contributed by atoms with van der Waals surface area (Å²) in [5, 5.41) is 0.744. The monoisotopic (exact) mass is 415 g/mol. The van der Waals surface area contributed by atoms with Gasteiger partial charge >= 0.3 is 0 Å². The molecule has 1 aromatic heterocycles. The predicted octanol–water partition coefficient (Wildman–Crippen LogP) is 2.76. The molecule has 0 spiro atoms. The van der Waals surface area contributed by atoms with E-state index in [0.29, 0.717) is 6.42 Å². The number of carbonyl (C=O) groups excluding carboxylic acids is 1. The molecule has 0 N–H and O–H groups in total. The van der Waals surface area contributed by atoms with Crippen molar-refractivity contribution in [1.82, 2.24) is 14.5 Å². The SMILES string of the molecule is CN(C(=O)CSc1nc2ccccc2n1-c1ccccc1)[C@H]1CCS(=O)(=O)C1. The molecule has 6 nitrogen and oxygen atoms in total. The topological polar surface area (TPSA) is 72.3 Å². The number of aromatic nitrogens is 2. The molecule has 8 heteroatoms. The van der Waals surface area contributed by atoms with Crippen LogP contribution in [0.3, 0.4) is 0 Å². The number of amides is 1. The number of hydrogen-bond acceptors (Lipinski definition) is 5. The van der Waals surface area contributed by atoms with Gasteiger partial charge in [0.25, 0.3) is 0 Å². The molecule has 1 aliphatic rings. The third-order valence-electron chi connectivity index (χ3n) is 5.02. The molecule has 1 saturated heterocycles. The number of carbonyl (C=O) groups is 1. The predicted molar refractivity (Wildman–Crippen MR) is 112 cm³/mol. The third-order valence-corrected chi connectivity index (χ3v) is 7.69. The number of hydrogen-bond donors (Lipinski definition) is 0. The van der Waals surface area contributed by atoms with E-state index in [-0.39, 0.29) is 29.2 Å². The fraction of sp³-hybridized carbons (Fsp3) is 0.300. The van der Waals surface area contributed by atoms with Crippen molar-refractivity contribution in [2.45, 2.75) is 17.6 Å². The van der Waals surface area contributed by atoms with Crippen molar-refractivity contribution >= 4 is 38.5 Å². The number of thioether (sulfide) groups is 1. The van der Waals surface area contributed by atoms with Gasteiger partial charge in [0.15, 0.2) is 15.0 Å². The van der Waals surface area contributed by atoms with Crippen molar-refractivity contribution in [1.29, 1.82) is 0 Å². The van der Waals surface area contributed by atoms with Crippen LogP contribution < -0.4 is 0 Å². The van der Waals surface area contributed by atoms with Crippen molar-refractivity contribution in [3.8, 4) is 5.69 Å². The average molecular weight is 416 g/mol. The highest BCUT2D eigenvalue weighted by molar-refractivity contribution is 7.99. The molecule has 1 atom stereocenters. The fourth-order valence-corrected chi connectivity index (χ4v) is 6.17. The summed E-state index contributed by atoms with van der Waals surface area (Å²) in [7, 11) is -1.33. The van der Waals surface area contributed by atoms with E-state index in [0.717, 1.165) is 21.9 Å². The van der Waals surface area contributed by atoms with E-state index in [9.17, 15) is 13.2 Å². The number of benzene rings is 2. The molecule has 0 aliphatic carbocycles. The van der Waals surface area contributed by atoms with Crippen LogP contribution >= 0.6 is 11.8 Å². The van der Waals surface area contributed by atoms with Crippen LogP contribution in [0.15, 0.2) is 59.8 Å². The molecule has 0 unspecified atom stereocenters. The lowest BCUT2D eigenvalue weighted by molar-refractivity contribution is -0.128. The minimum Gasteiger partial charge on any atom is -0.341 e. The first-order valence-electron chi connectivity index (χ1n) is 9.06. The van der Waals surface area contributed by atoms with Gasteiger partial charge < -0.3 is 4.90 Å². The standard InChI is InChI=1S/C20H21N3O3S2/c1-22(16-11-12-28(25,26)14-16)19(24)13-27-20-21-17-9-5-6-10-18(17)23(20)15-7-3-2-4-8-15/h2-10,16H,11-14H2,1H3/t16-/m0/s1. The van der Waals surface area contributed by atoms with Crippen LogP contribution in [0, 0.1) is 0 Å². The van der Waals surface area contributed by atoms with E-state index in [4.69, 9.17) is 4.98 Å². The number of para-hydroxylation sites is 3. The molecule has 0 radical (unpaired) electrons. The lowest BCUT2D eigenvalue weighted by atomic mass is 10.2. The quantitative estimate of drug-likeness (QED) is 0.599. The van der Waals surface area contributed by atoms with Gasteiger partial charge in [0.05, 0.1) is 28.3 Å². The highest BCUT2D eigenvalue weighted by Crippen LogP contribution is 2.28. The molecule has 4 rings (SSSR count).